The maximum absolute atomic E-state index is 5.69. The predicted molar refractivity (Wildman–Crippen MR) is 140 cm³/mol. The Morgan fingerprint density at radius 2 is 1.97 bits per heavy atom. The number of morpholine rings is 1. The molecule has 1 unspecified atom stereocenters. The lowest BCUT2D eigenvalue weighted by Gasteiger charge is -2.26. The number of hydrogen-bond acceptors (Lipinski definition) is 6. The van der Waals surface area contributed by atoms with Crippen LogP contribution in [0.2, 0.25) is 0 Å². The number of benzene rings is 2. The number of rotatable bonds is 8. The van der Waals surface area contributed by atoms with Gasteiger partial charge in [-0.1, -0.05) is 36.9 Å². The molecule has 5 nitrogen and oxygen atoms in total. The average molecular weight is 476 g/mol. The van der Waals surface area contributed by atoms with Crippen molar-refractivity contribution >= 4 is 41.7 Å². The summed E-state index contributed by atoms with van der Waals surface area (Å²) < 4.78 is 12.3. The fourth-order valence-corrected chi connectivity index (χ4v) is 5.31. The summed E-state index contributed by atoms with van der Waals surface area (Å²) in [7, 11) is 0.248. The number of fused-ring (bicyclic) bond motifs is 1. The van der Waals surface area contributed by atoms with Gasteiger partial charge in [0, 0.05) is 42.5 Å². The molecule has 2 aromatic carbocycles. The molecule has 3 heterocycles. The van der Waals surface area contributed by atoms with Gasteiger partial charge >= 0.3 is 0 Å². The van der Waals surface area contributed by atoms with Crippen molar-refractivity contribution in [2.75, 3.05) is 31.6 Å². The topological polar surface area (TPSA) is 46.6 Å². The highest BCUT2D eigenvalue weighted by molar-refractivity contribution is 7.36. The van der Waals surface area contributed by atoms with Gasteiger partial charge in [0.2, 0.25) is 0 Å². The standard InChI is InChI=1S/C26H26N3O2PS/c1-2-32-31-22-5-3-4-21(16-22)28-23-10-11-27-24-17-25(33-26(23)24)20-8-6-19(7-9-20)18-29-12-14-30-15-13-29/h2-11,16-17,32H,1,12-15,18H2,(H,27,28). The SMILES string of the molecule is C=CPOc1cccc(Nc2ccnc3cc(-c4ccc(CN5CCOCC5)cc4)sc23)c1. The Morgan fingerprint density at radius 3 is 2.79 bits per heavy atom. The molecule has 1 atom stereocenters. The van der Waals surface area contributed by atoms with Crippen LogP contribution < -0.4 is 9.84 Å². The van der Waals surface area contributed by atoms with Gasteiger partial charge in [0.15, 0.2) is 0 Å². The second kappa shape index (κ2) is 10.4. The summed E-state index contributed by atoms with van der Waals surface area (Å²) in [4.78, 5) is 8.26. The van der Waals surface area contributed by atoms with Crippen molar-refractivity contribution in [3.8, 4) is 16.2 Å². The summed E-state index contributed by atoms with van der Waals surface area (Å²) in [6.45, 7) is 8.36. The highest BCUT2D eigenvalue weighted by Crippen LogP contribution is 2.38. The Morgan fingerprint density at radius 1 is 1.12 bits per heavy atom. The van der Waals surface area contributed by atoms with Gasteiger partial charge in [-0.25, -0.2) is 0 Å². The number of pyridine rings is 1. The highest BCUT2D eigenvalue weighted by atomic mass is 32.1. The van der Waals surface area contributed by atoms with Gasteiger partial charge in [-0.2, -0.15) is 0 Å². The lowest BCUT2D eigenvalue weighted by molar-refractivity contribution is 0.0342. The molecular formula is C26H26N3O2PS. The van der Waals surface area contributed by atoms with Crippen LogP contribution in [0.25, 0.3) is 20.7 Å². The van der Waals surface area contributed by atoms with Gasteiger partial charge in [-0.15, -0.1) is 11.3 Å². The smallest absolute Gasteiger partial charge is 0.125 e. The molecule has 168 valence electrons. The summed E-state index contributed by atoms with van der Waals surface area (Å²) in [5, 5.41) is 3.54. The lowest BCUT2D eigenvalue weighted by Crippen LogP contribution is -2.35. The van der Waals surface area contributed by atoms with Crippen molar-refractivity contribution in [1.82, 2.24) is 9.88 Å². The van der Waals surface area contributed by atoms with Crippen LogP contribution in [-0.2, 0) is 11.3 Å². The minimum atomic E-state index is 0.248. The molecule has 0 saturated carbocycles. The molecule has 0 bridgehead atoms. The summed E-state index contributed by atoms with van der Waals surface area (Å²) >= 11 is 1.76. The van der Waals surface area contributed by atoms with Crippen LogP contribution >= 0.6 is 20.1 Å². The van der Waals surface area contributed by atoms with E-state index in [1.165, 1.54) is 16.0 Å². The van der Waals surface area contributed by atoms with Crippen LogP contribution in [0.5, 0.6) is 5.75 Å². The maximum atomic E-state index is 5.69. The normalized spacial score (nSPS) is 14.7. The zero-order chi connectivity index (χ0) is 22.5. The number of ether oxygens (including phenoxy) is 1. The number of nitrogens with zero attached hydrogens (tertiary/aromatic N) is 2. The molecule has 0 amide bonds. The zero-order valence-electron chi connectivity index (χ0n) is 18.3. The fraction of sp³-hybridized carbons (Fsp3) is 0.192. The molecule has 0 spiro atoms. The molecule has 1 aliphatic heterocycles. The van der Waals surface area contributed by atoms with Crippen molar-refractivity contribution in [1.29, 1.82) is 0 Å². The largest absolute Gasteiger partial charge is 0.473 e. The summed E-state index contributed by atoms with van der Waals surface area (Å²) in [5.74, 6) is 2.60. The molecule has 1 N–H and O–H groups in total. The van der Waals surface area contributed by atoms with E-state index in [0.717, 1.165) is 60.2 Å². The van der Waals surface area contributed by atoms with E-state index in [1.807, 2.05) is 36.5 Å². The number of hydrogen-bond donors (Lipinski definition) is 1. The molecule has 7 heteroatoms. The Balaban J connectivity index is 1.35. The van der Waals surface area contributed by atoms with E-state index in [-0.39, 0.29) is 8.81 Å². The van der Waals surface area contributed by atoms with E-state index in [4.69, 9.17) is 9.26 Å². The summed E-state index contributed by atoms with van der Waals surface area (Å²) in [6, 6.07) is 21.1. The molecular weight excluding hydrogens is 449 g/mol. The van der Waals surface area contributed by atoms with Crippen molar-refractivity contribution in [2.45, 2.75) is 6.54 Å². The lowest BCUT2D eigenvalue weighted by atomic mass is 10.1. The maximum Gasteiger partial charge on any atom is 0.125 e. The molecule has 2 aromatic heterocycles. The minimum absolute atomic E-state index is 0.248. The number of nitrogens with one attached hydrogen (secondary N) is 1. The first-order chi connectivity index (χ1) is 16.3. The van der Waals surface area contributed by atoms with Gasteiger partial charge in [-0.3, -0.25) is 9.88 Å². The van der Waals surface area contributed by atoms with Crippen LogP contribution in [0, 0.1) is 0 Å². The monoisotopic (exact) mass is 475 g/mol. The van der Waals surface area contributed by atoms with Crippen molar-refractivity contribution in [2.24, 2.45) is 0 Å². The van der Waals surface area contributed by atoms with Gasteiger partial charge < -0.3 is 14.6 Å². The van der Waals surface area contributed by atoms with Crippen LogP contribution in [0.15, 0.2) is 79.3 Å². The quantitative estimate of drug-likeness (QED) is 0.289. The first-order valence-electron chi connectivity index (χ1n) is 11.0. The third kappa shape index (κ3) is 5.43. The molecule has 1 saturated heterocycles. The average Bonchev–Trinajstić information content (AvgIpc) is 3.30. The van der Waals surface area contributed by atoms with Crippen molar-refractivity contribution in [3.05, 3.63) is 84.8 Å². The molecule has 5 rings (SSSR count). The zero-order valence-corrected chi connectivity index (χ0v) is 20.1. The van der Waals surface area contributed by atoms with E-state index in [1.54, 1.807) is 17.2 Å². The number of anilines is 2. The van der Waals surface area contributed by atoms with Crippen LogP contribution in [0.4, 0.5) is 11.4 Å². The molecule has 0 aliphatic carbocycles. The summed E-state index contributed by atoms with van der Waals surface area (Å²) in [6.07, 6.45) is 1.85. The van der Waals surface area contributed by atoms with Crippen LogP contribution in [0.3, 0.4) is 0 Å². The van der Waals surface area contributed by atoms with E-state index in [0.29, 0.717) is 0 Å². The third-order valence-corrected chi connectivity index (χ3v) is 7.26. The van der Waals surface area contributed by atoms with E-state index in [2.05, 4.69) is 52.1 Å². The highest BCUT2D eigenvalue weighted by Gasteiger charge is 2.12. The molecule has 0 radical (unpaired) electrons. The first kappa shape index (κ1) is 22.1. The number of aromatic nitrogens is 1. The Labute approximate surface area is 199 Å². The van der Waals surface area contributed by atoms with Gasteiger partial charge in [0.05, 0.1) is 37.9 Å². The molecule has 33 heavy (non-hydrogen) atoms. The van der Waals surface area contributed by atoms with E-state index < -0.39 is 0 Å². The van der Waals surface area contributed by atoms with Crippen LogP contribution in [0.1, 0.15) is 5.56 Å². The molecule has 1 aliphatic rings. The molecule has 4 aromatic rings. The second-order valence-corrected chi connectivity index (χ2v) is 9.75. The fourth-order valence-electron chi connectivity index (χ4n) is 3.87. The predicted octanol–water partition coefficient (Wildman–Crippen LogP) is 6.65. The van der Waals surface area contributed by atoms with E-state index >= 15 is 0 Å². The van der Waals surface area contributed by atoms with E-state index in [9.17, 15) is 0 Å². The second-order valence-electron chi connectivity index (χ2n) is 7.85. The Bertz CT molecular complexity index is 1240. The molecule has 1 fully saturated rings. The van der Waals surface area contributed by atoms with Gasteiger partial charge in [-0.05, 0) is 41.2 Å². The van der Waals surface area contributed by atoms with Gasteiger partial charge in [0.1, 0.15) is 5.75 Å². The minimum Gasteiger partial charge on any atom is -0.473 e. The first-order valence-corrected chi connectivity index (χ1v) is 12.8. The third-order valence-electron chi connectivity index (χ3n) is 5.53. The van der Waals surface area contributed by atoms with Crippen molar-refractivity contribution in [3.63, 3.8) is 0 Å². The number of thiophene rings is 1. The van der Waals surface area contributed by atoms with Gasteiger partial charge in [0.25, 0.3) is 0 Å². The Kier molecular flexibility index (Phi) is 6.98. The van der Waals surface area contributed by atoms with Crippen molar-refractivity contribution < 1.29 is 9.26 Å². The van der Waals surface area contributed by atoms with Crippen LogP contribution in [-0.4, -0.2) is 36.2 Å². The Hall–Kier alpha value is -2.76. The summed E-state index contributed by atoms with van der Waals surface area (Å²) in [5.41, 5.74) is 5.58.